The first-order valence-electron chi connectivity index (χ1n) is 12.2. The van der Waals surface area contributed by atoms with Gasteiger partial charge in [0.1, 0.15) is 5.82 Å². The van der Waals surface area contributed by atoms with E-state index in [-0.39, 0.29) is 45.8 Å². The number of rotatable bonds is 11. The second-order valence-electron chi connectivity index (χ2n) is 9.52. The lowest BCUT2D eigenvalue weighted by Gasteiger charge is -2.25. The van der Waals surface area contributed by atoms with Crippen molar-refractivity contribution in [3.05, 3.63) is 58.4 Å². The molecule has 3 aromatic rings. The Labute approximate surface area is 220 Å². The van der Waals surface area contributed by atoms with Gasteiger partial charge in [0, 0.05) is 37.9 Å². The van der Waals surface area contributed by atoms with Crippen molar-refractivity contribution in [3.8, 4) is 0 Å². The molecule has 1 heterocycles. The number of benzene rings is 2. The average Bonchev–Trinajstić information content (AvgIpc) is 3.15. The van der Waals surface area contributed by atoms with E-state index in [1.165, 1.54) is 39.2 Å². The summed E-state index contributed by atoms with van der Waals surface area (Å²) >= 11 is 0.993. The summed E-state index contributed by atoms with van der Waals surface area (Å²) < 4.78 is 63.5. The van der Waals surface area contributed by atoms with Crippen LogP contribution in [0.2, 0.25) is 0 Å². The summed E-state index contributed by atoms with van der Waals surface area (Å²) in [6.45, 7) is 11.4. The van der Waals surface area contributed by atoms with Gasteiger partial charge in [-0.3, -0.25) is 4.79 Å². The fraction of sp³-hybridized carbons (Fsp3) is 0.462. The van der Waals surface area contributed by atoms with Crippen LogP contribution in [0.25, 0.3) is 10.2 Å². The molecule has 11 heteroatoms. The number of thiazole rings is 1. The van der Waals surface area contributed by atoms with Crippen LogP contribution >= 0.6 is 11.3 Å². The van der Waals surface area contributed by atoms with Crippen molar-refractivity contribution in [1.29, 1.82) is 0 Å². The maximum Gasteiger partial charge on any atom is 0.279 e. The first-order chi connectivity index (χ1) is 17.4. The van der Waals surface area contributed by atoms with Gasteiger partial charge < -0.3 is 9.30 Å². The molecule has 0 atom stereocenters. The number of carbonyl (C=O) groups is 1. The summed E-state index contributed by atoms with van der Waals surface area (Å²) in [4.78, 5) is 17.4. The van der Waals surface area contributed by atoms with Crippen LogP contribution in [0, 0.1) is 23.5 Å². The van der Waals surface area contributed by atoms with E-state index in [0.717, 1.165) is 17.4 Å². The molecule has 0 aliphatic carbocycles. The summed E-state index contributed by atoms with van der Waals surface area (Å²) in [5, 5.41) is 0. The zero-order chi connectivity index (χ0) is 27.3. The van der Waals surface area contributed by atoms with E-state index in [1.54, 1.807) is 0 Å². The zero-order valence-corrected chi connectivity index (χ0v) is 23.3. The predicted molar refractivity (Wildman–Crippen MR) is 141 cm³/mol. The van der Waals surface area contributed by atoms with E-state index in [2.05, 4.69) is 4.99 Å². The van der Waals surface area contributed by atoms with Gasteiger partial charge in [-0.2, -0.15) is 9.30 Å². The molecule has 1 aromatic heterocycles. The predicted octanol–water partition coefficient (Wildman–Crippen LogP) is 5.06. The number of sulfonamides is 1. The molecule has 0 saturated carbocycles. The van der Waals surface area contributed by atoms with E-state index in [0.29, 0.717) is 24.4 Å². The van der Waals surface area contributed by atoms with Crippen LogP contribution in [0.15, 0.2) is 46.3 Å². The van der Waals surface area contributed by atoms with Crippen molar-refractivity contribution in [1.82, 2.24) is 8.87 Å². The fourth-order valence-electron chi connectivity index (χ4n) is 3.88. The fourth-order valence-corrected chi connectivity index (χ4v) is 6.74. The molecule has 37 heavy (non-hydrogen) atoms. The average molecular weight is 554 g/mol. The Hall–Kier alpha value is -2.47. The quantitative estimate of drug-likeness (QED) is 0.311. The molecular weight excluding hydrogens is 520 g/mol. The van der Waals surface area contributed by atoms with Gasteiger partial charge in [0.15, 0.2) is 10.6 Å². The molecule has 2 aromatic carbocycles. The number of nitrogens with zero attached hydrogens (tertiary/aromatic N) is 3. The third kappa shape index (κ3) is 7.10. The molecule has 0 radical (unpaired) electrons. The third-order valence-corrected chi connectivity index (χ3v) is 8.30. The molecule has 0 N–H and O–H groups in total. The minimum atomic E-state index is -3.74. The van der Waals surface area contributed by atoms with Crippen molar-refractivity contribution in [2.24, 2.45) is 16.8 Å². The van der Waals surface area contributed by atoms with Gasteiger partial charge in [0.2, 0.25) is 10.0 Å². The molecule has 202 valence electrons. The first kappa shape index (κ1) is 29.1. The Balaban J connectivity index is 1.97. The van der Waals surface area contributed by atoms with Gasteiger partial charge in [-0.15, -0.1) is 0 Å². The van der Waals surface area contributed by atoms with Crippen molar-refractivity contribution < 1.29 is 26.7 Å². The minimum absolute atomic E-state index is 0.0940. The molecule has 7 nitrogen and oxygen atoms in total. The van der Waals surface area contributed by atoms with Gasteiger partial charge in [-0.25, -0.2) is 17.2 Å². The van der Waals surface area contributed by atoms with E-state index in [4.69, 9.17) is 4.74 Å². The SMILES string of the molecule is CCOCCn1c(=NC(=O)c2ccc(S(=O)(=O)N(CC(C)C)CC(C)C)cc2)sc2cc(F)cc(F)c21. The zero-order valence-electron chi connectivity index (χ0n) is 21.7. The second kappa shape index (κ2) is 12.4. The smallest absolute Gasteiger partial charge is 0.279 e. The standard InChI is InChI=1S/C26H33F2N3O4S2/c1-6-35-12-11-31-24-22(28)13-20(27)14-23(24)36-26(31)29-25(32)19-7-9-21(10-8-19)37(33,34)30(15-17(2)3)16-18(4)5/h7-10,13-14,17-18H,6,11-12,15-16H2,1-5H3. The Morgan fingerprint density at radius 3 is 2.27 bits per heavy atom. The van der Waals surface area contributed by atoms with Crippen LogP contribution < -0.4 is 4.80 Å². The van der Waals surface area contributed by atoms with Crippen molar-refractivity contribution in [2.75, 3.05) is 26.3 Å². The Morgan fingerprint density at radius 2 is 1.70 bits per heavy atom. The summed E-state index contributed by atoms with van der Waals surface area (Å²) in [6, 6.07) is 7.62. The highest BCUT2D eigenvalue weighted by Gasteiger charge is 2.26. The van der Waals surface area contributed by atoms with E-state index in [1.807, 2.05) is 34.6 Å². The molecule has 0 saturated heterocycles. The van der Waals surface area contributed by atoms with Gasteiger partial charge in [-0.1, -0.05) is 39.0 Å². The summed E-state index contributed by atoms with van der Waals surface area (Å²) in [5.41, 5.74) is 0.327. The topological polar surface area (TPSA) is 81.0 Å². The van der Waals surface area contributed by atoms with Gasteiger partial charge in [0.25, 0.3) is 5.91 Å². The number of carbonyl (C=O) groups excluding carboxylic acids is 1. The Morgan fingerprint density at radius 1 is 1.08 bits per heavy atom. The van der Waals surface area contributed by atoms with Gasteiger partial charge >= 0.3 is 0 Å². The first-order valence-corrected chi connectivity index (χ1v) is 14.4. The Kier molecular flexibility index (Phi) is 9.74. The highest BCUT2D eigenvalue weighted by atomic mass is 32.2. The number of halogens is 2. The van der Waals surface area contributed by atoms with Crippen LogP contribution in [-0.2, 0) is 21.3 Å². The molecule has 0 bridgehead atoms. The van der Waals surface area contributed by atoms with E-state index >= 15 is 0 Å². The van der Waals surface area contributed by atoms with Crippen LogP contribution in [0.4, 0.5) is 8.78 Å². The molecule has 0 unspecified atom stereocenters. The maximum absolute atomic E-state index is 14.6. The molecular formula is C26H33F2N3O4S2. The van der Waals surface area contributed by atoms with Crippen molar-refractivity contribution in [2.45, 2.75) is 46.1 Å². The number of amides is 1. The largest absolute Gasteiger partial charge is 0.380 e. The molecule has 0 fully saturated rings. The lowest BCUT2D eigenvalue weighted by Crippen LogP contribution is -2.37. The number of fused-ring (bicyclic) bond motifs is 1. The summed E-state index contributed by atoms with van der Waals surface area (Å²) in [5.74, 6) is -1.78. The summed E-state index contributed by atoms with van der Waals surface area (Å²) in [7, 11) is -3.74. The van der Waals surface area contributed by atoms with Gasteiger partial charge in [-0.05, 0) is 49.1 Å². The van der Waals surface area contributed by atoms with Crippen LogP contribution in [-0.4, -0.2) is 49.5 Å². The van der Waals surface area contributed by atoms with Crippen LogP contribution in [0.1, 0.15) is 45.0 Å². The molecule has 0 spiro atoms. The number of aromatic nitrogens is 1. The van der Waals surface area contributed by atoms with Crippen molar-refractivity contribution >= 4 is 37.5 Å². The lowest BCUT2D eigenvalue weighted by atomic mass is 10.2. The van der Waals surface area contributed by atoms with E-state index in [9.17, 15) is 22.0 Å². The van der Waals surface area contributed by atoms with Crippen LogP contribution in [0.3, 0.4) is 0 Å². The Bertz CT molecular complexity index is 1400. The number of hydrogen-bond acceptors (Lipinski definition) is 5. The number of ether oxygens (including phenoxy) is 1. The lowest BCUT2D eigenvalue weighted by molar-refractivity contribution is 0.0996. The molecule has 3 rings (SSSR count). The summed E-state index contributed by atoms with van der Waals surface area (Å²) in [6.07, 6.45) is 0. The monoisotopic (exact) mass is 553 g/mol. The maximum atomic E-state index is 14.6. The minimum Gasteiger partial charge on any atom is -0.380 e. The third-order valence-electron chi connectivity index (χ3n) is 5.43. The highest BCUT2D eigenvalue weighted by Crippen LogP contribution is 2.23. The molecule has 0 aliphatic heterocycles. The molecule has 0 aliphatic rings. The van der Waals surface area contributed by atoms with Crippen molar-refractivity contribution in [3.63, 3.8) is 0 Å². The normalized spacial score (nSPS) is 13.0. The number of hydrogen-bond donors (Lipinski definition) is 0. The van der Waals surface area contributed by atoms with E-state index < -0.39 is 27.6 Å². The highest BCUT2D eigenvalue weighted by molar-refractivity contribution is 7.89. The van der Waals surface area contributed by atoms with Gasteiger partial charge in [0.05, 0.1) is 21.7 Å². The molecule has 1 amide bonds. The second-order valence-corrected chi connectivity index (χ2v) is 12.5. The van der Waals surface area contributed by atoms with Crippen LogP contribution in [0.5, 0.6) is 0 Å².